The van der Waals surface area contributed by atoms with Gasteiger partial charge in [-0.15, -0.1) is 0 Å². The first-order valence-corrected chi connectivity index (χ1v) is 6.19. The lowest BCUT2D eigenvalue weighted by Gasteiger charge is -2.14. The number of benzene rings is 1. The maximum atomic E-state index is 11.7. The number of alkyl halides is 2. The van der Waals surface area contributed by atoms with Gasteiger partial charge in [0.2, 0.25) is 0 Å². The Kier molecular flexibility index (Phi) is 2.67. The van der Waals surface area contributed by atoms with Crippen LogP contribution < -0.4 is 0 Å². The number of hydrogen-bond donors (Lipinski definition) is 0. The van der Waals surface area contributed by atoms with Gasteiger partial charge in [0.25, 0.3) is 0 Å². The predicted octanol–water partition coefficient (Wildman–Crippen LogP) is 3.49. The van der Waals surface area contributed by atoms with Gasteiger partial charge < -0.3 is 4.74 Å². The fourth-order valence-corrected chi connectivity index (χ4v) is 2.56. The molecule has 1 aliphatic carbocycles. The van der Waals surface area contributed by atoms with Gasteiger partial charge in [-0.05, 0) is 19.1 Å². The molecule has 0 heterocycles. The van der Waals surface area contributed by atoms with Crippen LogP contribution in [0.15, 0.2) is 30.3 Å². The molecule has 1 aliphatic rings. The molecule has 15 heavy (non-hydrogen) atoms. The summed E-state index contributed by atoms with van der Waals surface area (Å²) in [6.45, 7) is 1.90. The van der Waals surface area contributed by atoms with E-state index in [1.807, 2.05) is 25.1 Å². The zero-order valence-corrected chi connectivity index (χ0v) is 11.3. The van der Waals surface area contributed by atoms with Gasteiger partial charge in [0.05, 0.1) is 5.56 Å². The van der Waals surface area contributed by atoms with Crippen LogP contribution in [0.3, 0.4) is 0 Å². The number of hydrogen-bond acceptors (Lipinski definition) is 2. The quantitative estimate of drug-likeness (QED) is 0.611. The number of carbonyl (C=O) groups is 1. The van der Waals surface area contributed by atoms with Crippen molar-refractivity contribution in [2.24, 2.45) is 0 Å². The van der Waals surface area contributed by atoms with Crippen LogP contribution in [0.2, 0.25) is 0 Å². The Balaban J connectivity index is 2.07. The van der Waals surface area contributed by atoms with E-state index in [2.05, 4.69) is 31.9 Å². The molecule has 2 rings (SSSR count). The molecule has 0 radical (unpaired) electrons. The van der Waals surface area contributed by atoms with Crippen molar-refractivity contribution in [3.63, 3.8) is 0 Å². The van der Waals surface area contributed by atoms with Crippen molar-refractivity contribution in [1.29, 1.82) is 0 Å². The average molecular weight is 334 g/mol. The van der Waals surface area contributed by atoms with E-state index in [4.69, 9.17) is 4.74 Å². The van der Waals surface area contributed by atoms with Gasteiger partial charge in [-0.3, -0.25) is 0 Å². The maximum absolute atomic E-state index is 11.7. The number of ether oxygens (including phenoxy) is 1. The van der Waals surface area contributed by atoms with Crippen molar-refractivity contribution >= 4 is 37.8 Å². The molecule has 0 saturated heterocycles. The van der Waals surface area contributed by atoms with E-state index < -0.39 is 5.60 Å². The van der Waals surface area contributed by atoms with Crippen LogP contribution in [0.25, 0.3) is 0 Å². The fraction of sp³-hybridized carbons (Fsp3) is 0.364. The topological polar surface area (TPSA) is 26.3 Å². The first-order chi connectivity index (χ1) is 6.95. The van der Waals surface area contributed by atoms with Gasteiger partial charge >= 0.3 is 5.97 Å². The molecule has 1 saturated carbocycles. The Labute approximate surface area is 105 Å². The Morgan fingerprint density at radius 3 is 2.33 bits per heavy atom. The molecule has 1 unspecified atom stereocenters. The summed E-state index contributed by atoms with van der Waals surface area (Å²) in [5.41, 5.74) is 0.140. The van der Waals surface area contributed by atoms with Crippen molar-refractivity contribution in [1.82, 2.24) is 0 Å². The minimum atomic E-state index is -0.445. The summed E-state index contributed by atoms with van der Waals surface area (Å²) >= 11 is 6.90. The zero-order chi connectivity index (χ0) is 11.1. The van der Waals surface area contributed by atoms with Crippen molar-refractivity contribution < 1.29 is 9.53 Å². The van der Waals surface area contributed by atoms with Gasteiger partial charge in [0.15, 0.2) is 0 Å². The third kappa shape index (κ3) is 2.11. The predicted molar refractivity (Wildman–Crippen MR) is 65.5 cm³/mol. The van der Waals surface area contributed by atoms with Crippen molar-refractivity contribution in [2.45, 2.75) is 22.2 Å². The number of halogens is 2. The Hall–Kier alpha value is -0.350. The summed E-state index contributed by atoms with van der Waals surface area (Å²) in [5.74, 6) is -0.279. The third-order valence-corrected chi connectivity index (χ3v) is 4.77. The largest absolute Gasteiger partial charge is 0.453 e. The molecule has 4 heteroatoms. The van der Waals surface area contributed by atoms with E-state index in [1.165, 1.54) is 0 Å². The minimum Gasteiger partial charge on any atom is -0.453 e. The molecule has 1 fully saturated rings. The highest BCUT2D eigenvalue weighted by molar-refractivity contribution is 9.25. The molecular weight excluding hydrogens is 324 g/mol. The molecule has 0 spiro atoms. The molecule has 1 aromatic rings. The van der Waals surface area contributed by atoms with Crippen molar-refractivity contribution in [3.8, 4) is 0 Å². The summed E-state index contributed by atoms with van der Waals surface area (Å²) in [5, 5.41) is 0. The fourth-order valence-electron chi connectivity index (χ4n) is 1.33. The summed E-state index contributed by atoms with van der Waals surface area (Å²) in [7, 11) is 0. The molecule has 0 bridgehead atoms. The summed E-state index contributed by atoms with van der Waals surface area (Å²) < 4.78 is 5.16. The molecule has 1 aromatic carbocycles. The molecule has 80 valence electrons. The summed E-state index contributed by atoms with van der Waals surface area (Å²) in [6.07, 6.45) is 0.776. The van der Waals surface area contributed by atoms with Gasteiger partial charge in [-0.25, -0.2) is 4.79 Å². The lowest BCUT2D eigenvalue weighted by atomic mass is 10.2. The van der Waals surface area contributed by atoms with E-state index >= 15 is 0 Å². The third-order valence-electron chi connectivity index (χ3n) is 2.54. The second-order valence-corrected chi connectivity index (χ2v) is 7.64. The highest BCUT2D eigenvalue weighted by Crippen LogP contribution is 2.61. The first-order valence-electron chi connectivity index (χ1n) is 4.61. The van der Waals surface area contributed by atoms with Gasteiger partial charge in [0.1, 0.15) is 8.83 Å². The van der Waals surface area contributed by atoms with E-state index in [-0.39, 0.29) is 9.20 Å². The van der Waals surface area contributed by atoms with Crippen molar-refractivity contribution in [3.05, 3.63) is 35.9 Å². The van der Waals surface area contributed by atoms with E-state index in [0.29, 0.717) is 5.56 Å². The number of esters is 1. The standard InChI is InChI=1S/C11H10Br2O2/c1-10(7-11(10,12)13)15-9(14)8-5-3-2-4-6-8/h2-6H,7H2,1H3. The van der Waals surface area contributed by atoms with Crippen LogP contribution in [0.4, 0.5) is 0 Å². The van der Waals surface area contributed by atoms with Crippen LogP contribution in [0.5, 0.6) is 0 Å². The highest BCUT2D eigenvalue weighted by Gasteiger charge is 2.65. The minimum absolute atomic E-state index is 0.253. The molecule has 1 atom stereocenters. The normalized spacial score (nSPS) is 27.1. The smallest absolute Gasteiger partial charge is 0.338 e. The lowest BCUT2D eigenvalue weighted by Crippen LogP contribution is -2.21. The lowest BCUT2D eigenvalue weighted by molar-refractivity contribution is 0.0276. The molecule has 0 N–H and O–H groups in total. The van der Waals surface area contributed by atoms with E-state index in [9.17, 15) is 4.79 Å². The number of rotatable bonds is 2. The SMILES string of the molecule is CC1(OC(=O)c2ccccc2)CC1(Br)Br. The van der Waals surface area contributed by atoms with E-state index in [0.717, 1.165) is 6.42 Å². The Morgan fingerprint density at radius 1 is 1.33 bits per heavy atom. The van der Waals surface area contributed by atoms with E-state index in [1.54, 1.807) is 12.1 Å². The highest BCUT2D eigenvalue weighted by atomic mass is 79.9. The Morgan fingerprint density at radius 2 is 1.87 bits per heavy atom. The summed E-state index contributed by atoms with van der Waals surface area (Å²) in [6, 6.07) is 9.01. The van der Waals surface area contributed by atoms with Crippen molar-refractivity contribution in [2.75, 3.05) is 0 Å². The Bertz CT molecular complexity index is 389. The van der Waals surface area contributed by atoms with Gasteiger partial charge in [-0.2, -0.15) is 0 Å². The molecule has 2 nitrogen and oxygen atoms in total. The van der Waals surface area contributed by atoms with Crippen LogP contribution in [-0.2, 0) is 4.74 Å². The van der Waals surface area contributed by atoms with Gasteiger partial charge in [0, 0.05) is 6.42 Å². The first kappa shape index (κ1) is 11.1. The zero-order valence-electron chi connectivity index (χ0n) is 8.17. The van der Waals surface area contributed by atoms with Crippen LogP contribution >= 0.6 is 31.9 Å². The molecule has 0 aliphatic heterocycles. The second-order valence-electron chi connectivity index (χ2n) is 3.87. The second kappa shape index (κ2) is 3.59. The molecular formula is C11H10Br2O2. The van der Waals surface area contributed by atoms with Crippen LogP contribution in [-0.4, -0.2) is 14.8 Å². The number of carbonyl (C=O) groups excluding carboxylic acids is 1. The van der Waals surface area contributed by atoms with Gasteiger partial charge in [-0.1, -0.05) is 50.1 Å². The average Bonchev–Trinajstić information content (AvgIpc) is 2.66. The van der Waals surface area contributed by atoms with Crippen LogP contribution in [0.1, 0.15) is 23.7 Å². The van der Waals surface area contributed by atoms with Crippen LogP contribution in [0, 0.1) is 0 Å². The maximum Gasteiger partial charge on any atom is 0.338 e. The molecule has 0 aromatic heterocycles. The molecule has 0 amide bonds. The monoisotopic (exact) mass is 332 g/mol. The summed E-state index contributed by atoms with van der Waals surface area (Å²) in [4.78, 5) is 11.7.